The van der Waals surface area contributed by atoms with Gasteiger partial charge in [0.05, 0.1) is 17.7 Å². The maximum absolute atomic E-state index is 14.1. The molecule has 1 aromatic heterocycles. The van der Waals surface area contributed by atoms with E-state index in [0.717, 1.165) is 22.0 Å². The lowest BCUT2D eigenvalue weighted by Crippen LogP contribution is -2.37. The Bertz CT molecular complexity index is 1300. The number of pyridine rings is 1. The Balaban J connectivity index is 1.61. The summed E-state index contributed by atoms with van der Waals surface area (Å²) in [6, 6.07) is 22.9. The molecule has 0 radical (unpaired) electrons. The van der Waals surface area contributed by atoms with E-state index in [1.54, 1.807) is 12.1 Å². The number of carbonyl (C=O) groups excluding carboxylic acids is 1. The lowest BCUT2D eigenvalue weighted by molar-refractivity contribution is 0.209. The summed E-state index contributed by atoms with van der Waals surface area (Å²) < 4.78 is 14.1. The molecule has 0 aliphatic heterocycles. The summed E-state index contributed by atoms with van der Waals surface area (Å²) in [6.45, 7) is 2.41. The molecule has 0 bridgehead atoms. The molecule has 2 N–H and O–H groups in total. The number of urea groups is 1. The maximum Gasteiger partial charge on any atom is 0.322 e. The van der Waals surface area contributed by atoms with E-state index in [4.69, 9.17) is 0 Å². The highest BCUT2D eigenvalue weighted by Gasteiger charge is 2.18. The van der Waals surface area contributed by atoms with Crippen LogP contribution in [0.1, 0.15) is 16.7 Å². The molecule has 32 heavy (non-hydrogen) atoms. The molecule has 162 valence electrons. The predicted octanol–water partition coefficient (Wildman–Crippen LogP) is 5.25. The Hall–Kier alpha value is -3.93. The first-order valence-corrected chi connectivity index (χ1v) is 10.5. The molecule has 0 unspecified atom stereocenters. The lowest BCUT2D eigenvalue weighted by atomic mass is 10.1. The van der Waals surface area contributed by atoms with Crippen LogP contribution in [0.5, 0.6) is 0 Å². The molecule has 0 saturated heterocycles. The summed E-state index contributed by atoms with van der Waals surface area (Å²) in [5.74, 6) is -0.511. The molecule has 2 amide bonds. The van der Waals surface area contributed by atoms with Crippen LogP contribution in [0.25, 0.3) is 10.9 Å². The van der Waals surface area contributed by atoms with E-state index in [-0.39, 0.29) is 17.8 Å². The zero-order valence-electron chi connectivity index (χ0n) is 17.8. The normalized spacial score (nSPS) is 10.8. The van der Waals surface area contributed by atoms with Crippen molar-refractivity contribution >= 4 is 22.6 Å². The first-order chi connectivity index (χ1) is 15.5. The minimum absolute atomic E-state index is 0.102. The van der Waals surface area contributed by atoms with Crippen molar-refractivity contribution in [2.75, 3.05) is 11.9 Å². The highest BCUT2D eigenvalue weighted by Crippen LogP contribution is 2.17. The summed E-state index contributed by atoms with van der Waals surface area (Å²) >= 11 is 0. The average molecular weight is 429 g/mol. The summed E-state index contributed by atoms with van der Waals surface area (Å²) in [4.78, 5) is 30.3. The summed E-state index contributed by atoms with van der Waals surface area (Å²) in [6.07, 6.45) is 0.607. The molecular weight excluding hydrogens is 405 g/mol. The van der Waals surface area contributed by atoms with Gasteiger partial charge in [0.15, 0.2) is 0 Å². The third kappa shape index (κ3) is 4.86. The third-order valence-corrected chi connectivity index (χ3v) is 5.44. The van der Waals surface area contributed by atoms with E-state index >= 15 is 0 Å². The second-order valence-corrected chi connectivity index (χ2v) is 7.73. The zero-order chi connectivity index (χ0) is 22.5. The number of fused-ring (bicyclic) bond motifs is 1. The predicted molar refractivity (Wildman–Crippen MR) is 125 cm³/mol. The number of rotatable bonds is 6. The van der Waals surface area contributed by atoms with Gasteiger partial charge in [0.25, 0.3) is 5.56 Å². The number of hydrogen-bond acceptors (Lipinski definition) is 2. The molecule has 1 heterocycles. The van der Waals surface area contributed by atoms with Gasteiger partial charge in [-0.3, -0.25) is 4.79 Å². The van der Waals surface area contributed by atoms with Crippen LogP contribution in [0.3, 0.4) is 0 Å². The molecule has 4 aromatic rings. The zero-order valence-corrected chi connectivity index (χ0v) is 17.8. The first kappa shape index (κ1) is 21.3. The summed E-state index contributed by atoms with van der Waals surface area (Å²) in [5.41, 5.74) is 3.16. The first-order valence-electron chi connectivity index (χ1n) is 10.5. The smallest absolute Gasteiger partial charge is 0.321 e. The van der Waals surface area contributed by atoms with Gasteiger partial charge in [-0.15, -0.1) is 0 Å². The van der Waals surface area contributed by atoms with Crippen LogP contribution in [-0.4, -0.2) is 22.5 Å². The topological polar surface area (TPSA) is 65.2 Å². The number of aryl methyl sites for hydroxylation is 1. The van der Waals surface area contributed by atoms with Crippen molar-refractivity contribution in [1.82, 2.24) is 9.88 Å². The largest absolute Gasteiger partial charge is 0.322 e. The Morgan fingerprint density at radius 1 is 1.00 bits per heavy atom. The number of halogens is 1. The lowest BCUT2D eigenvalue weighted by Gasteiger charge is -2.23. The fourth-order valence-corrected chi connectivity index (χ4v) is 3.67. The number of H-pyrrole nitrogens is 1. The Morgan fingerprint density at radius 2 is 1.75 bits per heavy atom. The van der Waals surface area contributed by atoms with Crippen molar-refractivity contribution in [2.24, 2.45) is 0 Å². The van der Waals surface area contributed by atoms with Crippen molar-refractivity contribution in [1.29, 1.82) is 0 Å². The summed E-state index contributed by atoms with van der Waals surface area (Å²) in [7, 11) is 0. The number of carbonyl (C=O) groups is 1. The number of amides is 2. The number of nitrogens with zero attached hydrogens (tertiary/aromatic N) is 1. The molecule has 0 fully saturated rings. The fourth-order valence-electron chi connectivity index (χ4n) is 3.67. The second kappa shape index (κ2) is 9.47. The van der Waals surface area contributed by atoms with Crippen molar-refractivity contribution in [3.05, 3.63) is 112 Å². The number of anilines is 1. The Kier molecular flexibility index (Phi) is 6.31. The van der Waals surface area contributed by atoms with E-state index in [2.05, 4.69) is 10.3 Å². The van der Waals surface area contributed by atoms with Gasteiger partial charge in [0, 0.05) is 12.1 Å². The van der Waals surface area contributed by atoms with E-state index < -0.39 is 11.8 Å². The average Bonchev–Trinajstić information content (AvgIpc) is 2.80. The molecule has 0 atom stereocenters. The maximum atomic E-state index is 14.1. The summed E-state index contributed by atoms with van der Waals surface area (Å²) in [5, 5.41) is 3.53. The van der Waals surface area contributed by atoms with Crippen molar-refractivity contribution < 1.29 is 9.18 Å². The van der Waals surface area contributed by atoms with Crippen molar-refractivity contribution in [2.45, 2.75) is 19.9 Å². The molecule has 6 heteroatoms. The van der Waals surface area contributed by atoms with Crippen LogP contribution in [0.4, 0.5) is 14.9 Å². The van der Waals surface area contributed by atoms with Crippen LogP contribution in [0.2, 0.25) is 0 Å². The van der Waals surface area contributed by atoms with E-state index in [0.29, 0.717) is 18.5 Å². The molecule has 0 spiro atoms. The van der Waals surface area contributed by atoms with Crippen LogP contribution >= 0.6 is 0 Å². The van der Waals surface area contributed by atoms with Crippen LogP contribution in [0, 0.1) is 12.7 Å². The molecule has 4 rings (SSSR count). The van der Waals surface area contributed by atoms with Crippen LogP contribution in [0.15, 0.2) is 83.7 Å². The number of aromatic nitrogens is 1. The fraction of sp³-hybridized carbons (Fsp3) is 0.154. The van der Waals surface area contributed by atoms with Gasteiger partial charge in [0.2, 0.25) is 0 Å². The van der Waals surface area contributed by atoms with Gasteiger partial charge in [-0.1, -0.05) is 60.7 Å². The van der Waals surface area contributed by atoms with E-state index in [1.807, 2.05) is 61.5 Å². The molecular formula is C26H24FN3O2. The van der Waals surface area contributed by atoms with Crippen molar-refractivity contribution in [3.63, 3.8) is 0 Å². The highest BCUT2D eigenvalue weighted by molar-refractivity contribution is 5.89. The molecule has 0 aliphatic carbocycles. The van der Waals surface area contributed by atoms with Gasteiger partial charge < -0.3 is 15.2 Å². The molecule has 0 aliphatic rings. The molecule has 5 nitrogen and oxygen atoms in total. The SMILES string of the molecule is Cc1cccc2cc(CN(CCc3ccccc3)C(=O)Nc3ccccc3F)c(=O)[nH]c12. The second-order valence-electron chi connectivity index (χ2n) is 7.73. The number of nitrogens with one attached hydrogen (secondary N) is 2. The number of para-hydroxylation sites is 2. The molecule has 0 saturated carbocycles. The van der Waals surface area contributed by atoms with Gasteiger partial charge in [-0.25, -0.2) is 9.18 Å². The number of aromatic amines is 1. The van der Waals surface area contributed by atoms with Crippen molar-refractivity contribution in [3.8, 4) is 0 Å². The standard InChI is InChI=1S/C26H24FN3O2/c1-18-8-7-11-20-16-21(25(31)29-24(18)20)17-30(15-14-19-9-3-2-4-10-19)26(32)28-23-13-6-5-12-22(23)27/h2-13,16H,14-15,17H2,1H3,(H,28,32)(H,29,31). The monoisotopic (exact) mass is 429 g/mol. The van der Waals surface area contributed by atoms with Gasteiger partial charge >= 0.3 is 6.03 Å². The minimum Gasteiger partial charge on any atom is -0.321 e. The highest BCUT2D eigenvalue weighted by atomic mass is 19.1. The Labute approximate surface area is 185 Å². The van der Waals surface area contributed by atoms with Crippen LogP contribution < -0.4 is 10.9 Å². The van der Waals surface area contributed by atoms with E-state index in [9.17, 15) is 14.0 Å². The minimum atomic E-state index is -0.511. The van der Waals surface area contributed by atoms with Gasteiger partial charge in [-0.2, -0.15) is 0 Å². The number of hydrogen-bond donors (Lipinski definition) is 2. The third-order valence-electron chi connectivity index (χ3n) is 5.44. The van der Waals surface area contributed by atoms with Gasteiger partial charge in [0.1, 0.15) is 5.82 Å². The van der Waals surface area contributed by atoms with E-state index in [1.165, 1.54) is 17.0 Å². The molecule has 3 aromatic carbocycles. The quantitative estimate of drug-likeness (QED) is 0.440. The number of benzene rings is 3. The van der Waals surface area contributed by atoms with Crippen LogP contribution in [-0.2, 0) is 13.0 Å². The van der Waals surface area contributed by atoms with Gasteiger partial charge in [-0.05, 0) is 48.1 Å². The Morgan fingerprint density at radius 3 is 2.53 bits per heavy atom.